The molecule has 2 N–H and O–H groups in total. The molecule has 27 heavy (non-hydrogen) atoms. The maximum absolute atomic E-state index is 12.8. The minimum Gasteiger partial charge on any atom is -0.384 e. The van der Waals surface area contributed by atoms with Crippen LogP contribution < -0.4 is 5.73 Å². The molecule has 0 unspecified atom stereocenters. The zero-order valence-electron chi connectivity index (χ0n) is 15.7. The highest BCUT2D eigenvalue weighted by Crippen LogP contribution is 2.33. The lowest BCUT2D eigenvalue weighted by molar-refractivity contribution is -0.196. The fourth-order valence-electron chi connectivity index (χ4n) is 3.47. The van der Waals surface area contributed by atoms with Gasteiger partial charge in [0.1, 0.15) is 5.82 Å². The number of nitrogens with zero attached hydrogens (tertiary/aromatic N) is 2. The number of anilines is 1. The number of imide groups is 1. The van der Waals surface area contributed by atoms with E-state index in [4.69, 9.17) is 10.5 Å². The first-order chi connectivity index (χ1) is 13.0. The number of aromatic nitrogens is 1. The number of hydrogen-bond acceptors (Lipinski definition) is 5. The van der Waals surface area contributed by atoms with Crippen molar-refractivity contribution in [2.75, 3.05) is 12.3 Å². The summed E-state index contributed by atoms with van der Waals surface area (Å²) in [6.45, 7) is 4.29. The summed E-state index contributed by atoms with van der Waals surface area (Å²) in [6.07, 6.45) is 1.85. The maximum atomic E-state index is 12.8. The number of likely N-dealkylation sites (tertiary alicyclic amines) is 1. The predicted octanol–water partition coefficient (Wildman–Crippen LogP) is 2.75. The van der Waals surface area contributed by atoms with Crippen LogP contribution >= 0.6 is 0 Å². The summed E-state index contributed by atoms with van der Waals surface area (Å²) in [7, 11) is 0. The summed E-state index contributed by atoms with van der Waals surface area (Å²) < 4.78 is 5.72. The number of carbonyl (C=O) groups excluding carboxylic acids is 2. The molecule has 0 spiro atoms. The van der Waals surface area contributed by atoms with Gasteiger partial charge in [0.25, 0.3) is 0 Å². The molecule has 0 radical (unpaired) electrons. The molecule has 0 aliphatic carbocycles. The van der Waals surface area contributed by atoms with Crippen molar-refractivity contribution in [1.29, 1.82) is 0 Å². The van der Waals surface area contributed by atoms with E-state index in [0.29, 0.717) is 18.8 Å². The van der Waals surface area contributed by atoms with Gasteiger partial charge < -0.3 is 10.5 Å². The van der Waals surface area contributed by atoms with E-state index in [9.17, 15) is 9.59 Å². The van der Waals surface area contributed by atoms with E-state index in [-0.39, 0.29) is 30.1 Å². The second kappa shape index (κ2) is 8.31. The third-order valence-electron chi connectivity index (χ3n) is 4.91. The standard InChI is InChI=1S/C21H25N3O3/c1-3-27-21-17(12-15-9-10-23-18(22)13-15)20(26)24(21)19(25)11-14(2)16-7-5-4-6-8-16/h4-10,13-14,17,21H,3,11-12H2,1-2H3,(H2,22,23)/t14-,17-,21+/m0/s1. The van der Waals surface area contributed by atoms with Crippen LogP contribution in [-0.4, -0.2) is 34.5 Å². The number of pyridine rings is 1. The minimum atomic E-state index is -0.521. The largest absolute Gasteiger partial charge is 0.384 e. The van der Waals surface area contributed by atoms with Crippen LogP contribution in [0, 0.1) is 5.92 Å². The average molecular weight is 367 g/mol. The Labute approximate surface area is 159 Å². The summed E-state index contributed by atoms with van der Waals surface area (Å²) in [5.41, 5.74) is 7.71. The Bertz CT molecular complexity index is 809. The Morgan fingerprint density at radius 1 is 1.30 bits per heavy atom. The highest BCUT2D eigenvalue weighted by molar-refractivity contribution is 6.01. The molecule has 3 atom stereocenters. The molecule has 2 amide bonds. The third kappa shape index (κ3) is 4.17. The summed E-state index contributed by atoms with van der Waals surface area (Å²) in [4.78, 5) is 30.7. The number of benzene rings is 1. The molecule has 1 aliphatic rings. The van der Waals surface area contributed by atoms with Crippen molar-refractivity contribution in [3.63, 3.8) is 0 Å². The van der Waals surface area contributed by atoms with Gasteiger partial charge in [0.05, 0.1) is 5.92 Å². The van der Waals surface area contributed by atoms with Gasteiger partial charge in [-0.15, -0.1) is 0 Å². The van der Waals surface area contributed by atoms with E-state index in [1.165, 1.54) is 4.90 Å². The fraction of sp³-hybridized carbons (Fsp3) is 0.381. The minimum absolute atomic E-state index is 0.0350. The number of hydrogen-bond donors (Lipinski definition) is 1. The third-order valence-corrected chi connectivity index (χ3v) is 4.91. The van der Waals surface area contributed by atoms with Gasteiger partial charge in [0.15, 0.2) is 6.23 Å². The van der Waals surface area contributed by atoms with Gasteiger partial charge in [-0.05, 0) is 42.5 Å². The summed E-state index contributed by atoms with van der Waals surface area (Å²) in [5, 5.41) is 0. The molecule has 142 valence electrons. The van der Waals surface area contributed by atoms with Gasteiger partial charge in [-0.3, -0.25) is 14.5 Å². The average Bonchev–Trinajstić information content (AvgIpc) is 2.66. The molecule has 1 saturated heterocycles. The molecule has 1 aromatic heterocycles. The number of rotatable bonds is 7. The first-order valence-electron chi connectivity index (χ1n) is 9.24. The quantitative estimate of drug-likeness (QED) is 0.761. The lowest BCUT2D eigenvalue weighted by Crippen LogP contribution is -2.64. The Hall–Kier alpha value is -2.73. The van der Waals surface area contributed by atoms with Crippen LogP contribution in [0.2, 0.25) is 0 Å². The fourth-order valence-corrected chi connectivity index (χ4v) is 3.47. The van der Waals surface area contributed by atoms with Crippen LogP contribution in [0.4, 0.5) is 5.82 Å². The summed E-state index contributed by atoms with van der Waals surface area (Å²) >= 11 is 0. The van der Waals surface area contributed by atoms with E-state index in [1.54, 1.807) is 12.3 Å². The van der Waals surface area contributed by atoms with Crippen LogP contribution in [0.15, 0.2) is 48.7 Å². The van der Waals surface area contributed by atoms with E-state index in [1.807, 2.05) is 50.2 Å². The molecule has 3 rings (SSSR count). The second-order valence-corrected chi connectivity index (χ2v) is 6.86. The van der Waals surface area contributed by atoms with E-state index in [0.717, 1.165) is 11.1 Å². The lowest BCUT2D eigenvalue weighted by atomic mass is 9.87. The molecular formula is C21H25N3O3. The van der Waals surface area contributed by atoms with Crippen molar-refractivity contribution in [3.8, 4) is 0 Å². The van der Waals surface area contributed by atoms with Gasteiger partial charge >= 0.3 is 0 Å². The van der Waals surface area contributed by atoms with E-state index < -0.39 is 6.23 Å². The zero-order chi connectivity index (χ0) is 19.4. The SMILES string of the molecule is CCO[C@@H]1[C@@H](Cc2ccnc(N)c2)C(=O)N1C(=O)C[C@H](C)c1ccccc1. The predicted molar refractivity (Wildman–Crippen MR) is 103 cm³/mol. The van der Waals surface area contributed by atoms with Crippen molar-refractivity contribution < 1.29 is 14.3 Å². The number of nitrogen functional groups attached to an aromatic ring is 1. The molecule has 0 saturated carbocycles. The van der Waals surface area contributed by atoms with Crippen LogP contribution in [0.25, 0.3) is 0 Å². The molecule has 6 heteroatoms. The topological polar surface area (TPSA) is 85.5 Å². The number of amides is 2. The molecule has 1 aromatic carbocycles. The van der Waals surface area contributed by atoms with Crippen molar-refractivity contribution in [3.05, 3.63) is 59.8 Å². The second-order valence-electron chi connectivity index (χ2n) is 6.86. The van der Waals surface area contributed by atoms with Gasteiger partial charge in [-0.1, -0.05) is 37.3 Å². The molecule has 2 heterocycles. The normalized spacial score (nSPS) is 20.2. The number of β-lactam (4-membered cyclic amide) rings is 1. The van der Waals surface area contributed by atoms with Crippen molar-refractivity contribution in [1.82, 2.24) is 9.88 Å². The first kappa shape index (κ1) is 19.0. The van der Waals surface area contributed by atoms with Gasteiger partial charge in [-0.2, -0.15) is 0 Å². The van der Waals surface area contributed by atoms with Gasteiger partial charge in [0, 0.05) is 19.2 Å². The molecule has 6 nitrogen and oxygen atoms in total. The monoisotopic (exact) mass is 367 g/mol. The molecule has 1 aliphatic heterocycles. The summed E-state index contributed by atoms with van der Waals surface area (Å²) in [5.74, 6) is -0.304. The number of carbonyl (C=O) groups is 2. The number of ether oxygens (including phenoxy) is 1. The van der Waals surface area contributed by atoms with Gasteiger partial charge in [0.2, 0.25) is 11.8 Å². The first-order valence-corrected chi connectivity index (χ1v) is 9.24. The molecule has 2 aromatic rings. The van der Waals surface area contributed by atoms with Crippen LogP contribution in [0.1, 0.15) is 37.3 Å². The molecule has 0 bridgehead atoms. The van der Waals surface area contributed by atoms with Crippen LogP contribution in [0.5, 0.6) is 0 Å². The van der Waals surface area contributed by atoms with Gasteiger partial charge in [-0.25, -0.2) is 4.98 Å². The smallest absolute Gasteiger partial charge is 0.239 e. The Balaban J connectivity index is 1.68. The Morgan fingerprint density at radius 3 is 2.70 bits per heavy atom. The van der Waals surface area contributed by atoms with E-state index >= 15 is 0 Å². The summed E-state index contributed by atoms with van der Waals surface area (Å²) in [6, 6.07) is 13.4. The van der Waals surface area contributed by atoms with Crippen molar-refractivity contribution >= 4 is 17.6 Å². The highest BCUT2D eigenvalue weighted by Gasteiger charge is 2.51. The van der Waals surface area contributed by atoms with Crippen LogP contribution in [0.3, 0.4) is 0 Å². The maximum Gasteiger partial charge on any atom is 0.239 e. The Morgan fingerprint density at radius 2 is 2.04 bits per heavy atom. The lowest BCUT2D eigenvalue weighted by Gasteiger charge is -2.45. The van der Waals surface area contributed by atoms with E-state index in [2.05, 4.69) is 4.98 Å². The van der Waals surface area contributed by atoms with Crippen LogP contribution in [-0.2, 0) is 20.7 Å². The zero-order valence-corrected chi connectivity index (χ0v) is 15.7. The Kier molecular flexibility index (Phi) is 5.86. The molecular weight excluding hydrogens is 342 g/mol. The van der Waals surface area contributed by atoms with Crippen molar-refractivity contribution in [2.24, 2.45) is 5.92 Å². The van der Waals surface area contributed by atoms with Crippen molar-refractivity contribution in [2.45, 2.75) is 38.8 Å². The molecule has 1 fully saturated rings. The number of nitrogens with two attached hydrogens (primary N) is 1. The highest BCUT2D eigenvalue weighted by atomic mass is 16.5.